The van der Waals surface area contributed by atoms with Crippen LogP contribution in [0.3, 0.4) is 0 Å². The fraction of sp³-hybridized carbons (Fsp3) is 0.0588. The molecule has 114 valence electrons. The zero-order valence-corrected chi connectivity index (χ0v) is 12.8. The number of benzene rings is 2. The summed E-state index contributed by atoms with van der Waals surface area (Å²) in [5.74, 6) is -1.58. The van der Waals surface area contributed by atoms with E-state index < -0.39 is 11.6 Å². The van der Waals surface area contributed by atoms with Crippen LogP contribution in [0, 0.1) is 29.9 Å². The SMILES string of the molecule is C=C(O)c1sc(-c2cc(C#N)c3c(F)cc(F)cc3c2)nc1C. The van der Waals surface area contributed by atoms with Crippen LogP contribution in [0.4, 0.5) is 8.78 Å². The van der Waals surface area contributed by atoms with Crippen LogP contribution in [0.5, 0.6) is 0 Å². The molecule has 1 N–H and O–H groups in total. The first-order chi connectivity index (χ1) is 10.9. The van der Waals surface area contributed by atoms with Gasteiger partial charge in [0.25, 0.3) is 0 Å². The summed E-state index contributed by atoms with van der Waals surface area (Å²) in [5, 5.41) is 19.7. The number of nitriles is 1. The van der Waals surface area contributed by atoms with E-state index in [0.717, 1.165) is 6.07 Å². The molecule has 23 heavy (non-hydrogen) atoms. The average Bonchev–Trinajstić information content (AvgIpc) is 2.87. The topological polar surface area (TPSA) is 56.9 Å². The van der Waals surface area contributed by atoms with Gasteiger partial charge in [-0.15, -0.1) is 11.3 Å². The van der Waals surface area contributed by atoms with E-state index in [1.54, 1.807) is 13.0 Å². The highest BCUT2D eigenvalue weighted by molar-refractivity contribution is 7.16. The van der Waals surface area contributed by atoms with Crippen LogP contribution in [0.2, 0.25) is 0 Å². The van der Waals surface area contributed by atoms with Crippen molar-refractivity contribution in [1.82, 2.24) is 4.98 Å². The van der Waals surface area contributed by atoms with Gasteiger partial charge in [0.05, 0.1) is 22.2 Å². The van der Waals surface area contributed by atoms with Crippen molar-refractivity contribution < 1.29 is 13.9 Å². The van der Waals surface area contributed by atoms with Gasteiger partial charge in [0, 0.05) is 17.0 Å². The van der Waals surface area contributed by atoms with Gasteiger partial charge in [-0.25, -0.2) is 13.8 Å². The smallest absolute Gasteiger partial charge is 0.135 e. The zero-order chi connectivity index (χ0) is 16.7. The molecule has 6 heteroatoms. The van der Waals surface area contributed by atoms with E-state index in [-0.39, 0.29) is 22.1 Å². The van der Waals surface area contributed by atoms with Gasteiger partial charge >= 0.3 is 0 Å². The second-order valence-electron chi connectivity index (χ2n) is 5.00. The van der Waals surface area contributed by atoms with E-state index in [0.29, 0.717) is 21.1 Å². The summed E-state index contributed by atoms with van der Waals surface area (Å²) in [4.78, 5) is 4.86. The molecule has 0 fully saturated rings. The predicted octanol–water partition coefficient (Wildman–Crippen LogP) is 4.95. The van der Waals surface area contributed by atoms with Gasteiger partial charge in [-0.05, 0) is 30.5 Å². The highest BCUT2D eigenvalue weighted by Crippen LogP contribution is 2.34. The molecule has 1 aromatic heterocycles. The van der Waals surface area contributed by atoms with Crippen LogP contribution in [0.1, 0.15) is 16.1 Å². The van der Waals surface area contributed by atoms with Gasteiger partial charge in [-0.1, -0.05) is 6.58 Å². The van der Waals surface area contributed by atoms with Crippen LogP contribution < -0.4 is 0 Å². The van der Waals surface area contributed by atoms with E-state index in [1.165, 1.54) is 23.5 Å². The predicted molar refractivity (Wildman–Crippen MR) is 86.1 cm³/mol. The highest BCUT2D eigenvalue weighted by atomic mass is 32.1. The third-order valence-corrected chi connectivity index (χ3v) is 4.65. The molecular weight excluding hydrogens is 318 g/mol. The largest absolute Gasteiger partial charge is 0.507 e. The number of nitrogens with zero attached hydrogens (tertiary/aromatic N) is 2. The summed E-state index contributed by atoms with van der Waals surface area (Å²) < 4.78 is 27.4. The Morgan fingerprint density at radius 1 is 1.30 bits per heavy atom. The van der Waals surface area contributed by atoms with Crippen molar-refractivity contribution in [2.75, 3.05) is 0 Å². The number of aryl methyl sites for hydroxylation is 1. The monoisotopic (exact) mass is 328 g/mol. The van der Waals surface area contributed by atoms with Crippen molar-refractivity contribution in [3.8, 4) is 16.6 Å². The minimum Gasteiger partial charge on any atom is -0.507 e. The molecule has 0 amide bonds. The fourth-order valence-electron chi connectivity index (χ4n) is 2.43. The van der Waals surface area contributed by atoms with Gasteiger partial charge < -0.3 is 5.11 Å². The molecule has 0 saturated heterocycles. The highest BCUT2D eigenvalue weighted by Gasteiger charge is 2.15. The number of aliphatic hydroxyl groups is 1. The Bertz CT molecular complexity index is 1000. The lowest BCUT2D eigenvalue weighted by Gasteiger charge is -2.05. The molecular formula is C17H10F2N2OS. The summed E-state index contributed by atoms with van der Waals surface area (Å²) >= 11 is 1.20. The van der Waals surface area contributed by atoms with Crippen LogP contribution >= 0.6 is 11.3 Å². The molecule has 3 rings (SSSR count). The third kappa shape index (κ3) is 2.56. The molecule has 0 aliphatic heterocycles. The van der Waals surface area contributed by atoms with Gasteiger partial charge in [0.1, 0.15) is 22.4 Å². The Morgan fingerprint density at radius 2 is 2.04 bits per heavy atom. The molecule has 1 heterocycles. The third-order valence-electron chi connectivity index (χ3n) is 3.39. The Labute approximate surface area is 134 Å². The molecule has 0 atom stereocenters. The van der Waals surface area contributed by atoms with Crippen LogP contribution in [-0.4, -0.2) is 10.1 Å². The molecule has 0 saturated carbocycles. The number of aliphatic hydroxyl groups excluding tert-OH is 1. The number of rotatable bonds is 2. The molecule has 0 aliphatic carbocycles. The summed E-state index contributed by atoms with van der Waals surface area (Å²) in [6, 6.07) is 6.94. The van der Waals surface area contributed by atoms with Crippen molar-refractivity contribution in [3.63, 3.8) is 0 Å². The normalized spacial score (nSPS) is 10.7. The number of thiazole rings is 1. The van der Waals surface area contributed by atoms with Crippen LogP contribution in [0.15, 0.2) is 30.8 Å². The standard InChI is InChI=1S/C17H10F2N2OS/c1-8-16(9(2)22)23-17(21-8)11-3-10-5-13(18)6-14(19)15(10)12(4-11)7-20/h3-6,22H,2H2,1H3. The second kappa shape index (κ2) is 5.45. The Morgan fingerprint density at radius 3 is 2.65 bits per heavy atom. The lowest BCUT2D eigenvalue weighted by atomic mass is 10.0. The Kier molecular flexibility index (Phi) is 3.58. The first kappa shape index (κ1) is 15.1. The Balaban J connectivity index is 2.29. The summed E-state index contributed by atoms with van der Waals surface area (Å²) in [6.45, 7) is 5.20. The summed E-state index contributed by atoms with van der Waals surface area (Å²) in [7, 11) is 0. The molecule has 2 aromatic carbocycles. The van der Waals surface area contributed by atoms with Crippen LogP contribution in [-0.2, 0) is 0 Å². The first-order valence-corrected chi connectivity index (χ1v) is 7.41. The van der Waals surface area contributed by atoms with E-state index in [1.807, 2.05) is 6.07 Å². The number of fused-ring (bicyclic) bond motifs is 1. The zero-order valence-electron chi connectivity index (χ0n) is 12.0. The Hall–Kier alpha value is -2.78. The number of halogens is 2. The summed E-state index contributed by atoms with van der Waals surface area (Å²) in [5.41, 5.74) is 1.26. The fourth-order valence-corrected chi connectivity index (χ4v) is 3.35. The van der Waals surface area contributed by atoms with Crippen molar-refractivity contribution in [3.05, 3.63) is 58.6 Å². The lowest BCUT2D eigenvalue weighted by Crippen LogP contribution is -1.90. The minimum atomic E-state index is -0.775. The van der Waals surface area contributed by atoms with Crippen LogP contribution in [0.25, 0.3) is 27.1 Å². The first-order valence-electron chi connectivity index (χ1n) is 6.59. The van der Waals surface area contributed by atoms with Crippen molar-refractivity contribution in [1.29, 1.82) is 5.26 Å². The molecule has 3 nitrogen and oxygen atoms in total. The van der Waals surface area contributed by atoms with Gasteiger partial charge in [-0.3, -0.25) is 0 Å². The van der Waals surface area contributed by atoms with Gasteiger partial charge in [0.15, 0.2) is 0 Å². The molecule has 3 aromatic rings. The van der Waals surface area contributed by atoms with Crippen molar-refractivity contribution in [2.45, 2.75) is 6.92 Å². The van der Waals surface area contributed by atoms with E-state index in [4.69, 9.17) is 0 Å². The average molecular weight is 328 g/mol. The van der Waals surface area contributed by atoms with E-state index in [2.05, 4.69) is 11.6 Å². The lowest BCUT2D eigenvalue weighted by molar-refractivity contribution is 0.515. The number of hydrogen-bond donors (Lipinski definition) is 1. The maximum Gasteiger partial charge on any atom is 0.135 e. The quantitative estimate of drug-likeness (QED) is 0.677. The summed E-state index contributed by atoms with van der Waals surface area (Å²) in [6.07, 6.45) is 0. The minimum absolute atomic E-state index is 0.0812. The molecule has 0 radical (unpaired) electrons. The molecule has 0 bridgehead atoms. The van der Waals surface area contributed by atoms with Gasteiger partial charge in [0.2, 0.25) is 0 Å². The molecule has 0 aliphatic rings. The number of hydrogen-bond acceptors (Lipinski definition) is 4. The number of aromatic nitrogens is 1. The second-order valence-corrected chi connectivity index (χ2v) is 6.00. The van der Waals surface area contributed by atoms with Crippen molar-refractivity contribution >= 4 is 27.9 Å². The van der Waals surface area contributed by atoms with Crippen molar-refractivity contribution in [2.24, 2.45) is 0 Å². The maximum atomic E-state index is 14.0. The molecule has 0 unspecified atom stereocenters. The maximum absolute atomic E-state index is 14.0. The van der Waals surface area contributed by atoms with E-state index in [9.17, 15) is 19.1 Å². The van der Waals surface area contributed by atoms with E-state index >= 15 is 0 Å². The molecule has 0 spiro atoms. The van der Waals surface area contributed by atoms with Gasteiger partial charge in [-0.2, -0.15) is 5.26 Å².